The largest absolute Gasteiger partial charge is 0.491 e. The van der Waals surface area contributed by atoms with Crippen LogP contribution >= 0.6 is 0 Å². The summed E-state index contributed by atoms with van der Waals surface area (Å²) in [6.07, 6.45) is 8.34. The summed E-state index contributed by atoms with van der Waals surface area (Å²) in [5, 5.41) is 4.45. The summed E-state index contributed by atoms with van der Waals surface area (Å²) >= 11 is 0. The summed E-state index contributed by atoms with van der Waals surface area (Å²) < 4.78 is 7.97. The Bertz CT molecular complexity index is 635. The minimum atomic E-state index is 0.386. The second kappa shape index (κ2) is 5.72. The Morgan fingerprint density at radius 1 is 1.32 bits per heavy atom. The zero-order valence-corrected chi connectivity index (χ0v) is 13.0. The molecule has 0 aromatic carbocycles. The van der Waals surface area contributed by atoms with Crippen LogP contribution in [0.4, 0.5) is 0 Å². The van der Waals surface area contributed by atoms with Gasteiger partial charge < -0.3 is 4.74 Å². The second-order valence-electron chi connectivity index (χ2n) is 6.50. The van der Waals surface area contributed by atoms with E-state index in [9.17, 15) is 0 Å². The summed E-state index contributed by atoms with van der Waals surface area (Å²) in [4.78, 5) is 6.68. The van der Waals surface area contributed by atoms with Crippen LogP contribution in [0.15, 0.2) is 30.7 Å². The van der Waals surface area contributed by atoms with Gasteiger partial charge in [0.25, 0.3) is 0 Å². The predicted octanol–water partition coefficient (Wildman–Crippen LogP) is 2.20. The highest BCUT2D eigenvalue weighted by Gasteiger charge is 2.32. The SMILES string of the molecule is Cn1ncc2c1CN(CC1CC1)C[C@H]2COc1cccnc1. The quantitative estimate of drug-likeness (QED) is 0.849. The van der Waals surface area contributed by atoms with Crippen molar-refractivity contribution in [1.29, 1.82) is 0 Å². The van der Waals surface area contributed by atoms with Gasteiger partial charge in [-0.2, -0.15) is 5.10 Å². The molecule has 1 aliphatic carbocycles. The lowest BCUT2D eigenvalue weighted by Gasteiger charge is -2.33. The van der Waals surface area contributed by atoms with E-state index in [-0.39, 0.29) is 0 Å². The van der Waals surface area contributed by atoms with Crippen molar-refractivity contribution in [2.45, 2.75) is 25.3 Å². The zero-order valence-electron chi connectivity index (χ0n) is 13.0. The number of fused-ring (bicyclic) bond motifs is 1. The molecule has 0 radical (unpaired) electrons. The zero-order chi connectivity index (χ0) is 14.9. The molecular weight excluding hydrogens is 276 g/mol. The summed E-state index contributed by atoms with van der Waals surface area (Å²) in [7, 11) is 2.04. The van der Waals surface area contributed by atoms with Crippen molar-refractivity contribution in [2.75, 3.05) is 19.7 Å². The van der Waals surface area contributed by atoms with Gasteiger partial charge in [0.2, 0.25) is 0 Å². The molecule has 0 spiro atoms. The first kappa shape index (κ1) is 13.8. The van der Waals surface area contributed by atoms with Gasteiger partial charge in [0.15, 0.2) is 0 Å². The minimum Gasteiger partial charge on any atom is -0.491 e. The number of aryl methyl sites for hydroxylation is 1. The molecule has 0 bridgehead atoms. The van der Waals surface area contributed by atoms with Crippen molar-refractivity contribution in [3.63, 3.8) is 0 Å². The lowest BCUT2D eigenvalue weighted by atomic mass is 9.95. The Balaban J connectivity index is 1.49. The molecule has 116 valence electrons. The molecule has 1 aliphatic heterocycles. The number of rotatable bonds is 5. The first-order valence-electron chi connectivity index (χ1n) is 8.05. The van der Waals surface area contributed by atoms with Gasteiger partial charge in [-0.1, -0.05) is 0 Å². The van der Waals surface area contributed by atoms with Crippen LogP contribution in [0.25, 0.3) is 0 Å². The molecule has 2 aromatic rings. The first-order chi connectivity index (χ1) is 10.8. The van der Waals surface area contributed by atoms with Gasteiger partial charge in [-0.15, -0.1) is 0 Å². The normalized spacial score (nSPS) is 21.6. The third kappa shape index (κ3) is 2.86. The Kier molecular flexibility index (Phi) is 3.58. The third-order valence-corrected chi connectivity index (χ3v) is 4.68. The predicted molar refractivity (Wildman–Crippen MR) is 83.7 cm³/mol. The van der Waals surface area contributed by atoms with E-state index in [1.807, 2.05) is 30.1 Å². The van der Waals surface area contributed by atoms with Crippen LogP contribution in [-0.4, -0.2) is 39.4 Å². The van der Waals surface area contributed by atoms with Gasteiger partial charge in [0.1, 0.15) is 5.75 Å². The van der Waals surface area contributed by atoms with E-state index in [4.69, 9.17) is 4.74 Å². The number of pyridine rings is 1. The Labute approximate surface area is 130 Å². The molecule has 2 aromatic heterocycles. The molecule has 0 saturated heterocycles. The molecule has 2 aliphatic rings. The van der Waals surface area contributed by atoms with Crippen LogP contribution in [0, 0.1) is 5.92 Å². The Hall–Kier alpha value is -1.88. The van der Waals surface area contributed by atoms with E-state index < -0.39 is 0 Å². The van der Waals surface area contributed by atoms with Gasteiger partial charge in [0.05, 0.1) is 24.7 Å². The average molecular weight is 298 g/mol. The summed E-state index contributed by atoms with van der Waals surface area (Å²) in [6, 6.07) is 3.87. The van der Waals surface area contributed by atoms with Gasteiger partial charge in [-0.25, -0.2) is 0 Å². The molecule has 0 unspecified atom stereocenters. The van der Waals surface area contributed by atoms with Crippen molar-refractivity contribution >= 4 is 0 Å². The molecule has 5 heteroatoms. The topological polar surface area (TPSA) is 43.2 Å². The fourth-order valence-electron chi connectivity index (χ4n) is 3.28. The number of aromatic nitrogens is 3. The van der Waals surface area contributed by atoms with Gasteiger partial charge in [0, 0.05) is 44.4 Å². The number of ether oxygens (including phenoxy) is 1. The van der Waals surface area contributed by atoms with Crippen LogP contribution in [-0.2, 0) is 13.6 Å². The van der Waals surface area contributed by atoms with Crippen LogP contribution in [0.2, 0.25) is 0 Å². The standard InChI is InChI=1S/C17H22N4O/c1-20-17-11-21(9-13-4-5-13)10-14(16(17)8-19-20)12-22-15-3-2-6-18-7-15/h2-3,6-8,13-14H,4-5,9-12H2,1H3/t14-/m0/s1. The number of hydrogen-bond acceptors (Lipinski definition) is 4. The van der Waals surface area contributed by atoms with Crippen molar-refractivity contribution in [3.8, 4) is 5.75 Å². The highest BCUT2D eigenvalue weighted by Crippen LogP contribution is 2.34. The molecule has 0 N–H and O–H groups in total. The molecule has 1 atom stereocenters. The van der Waals surface area contributed by atoms with E-state index in [2.05, 4.69) is 15.0 Å². The smallest absolute Gasteiger partial charge is 0.137 e. The lowest BCUT2D eigenvalue weighted by Crippen LogP contribution is -2.37. The van der Waals surface area contributed by atoms with Crippen molar-refractivity contribution in [1.82, 2.24) is 19.7 Å². The van der Waals surface area contributed by atoms with E-state index >= 15 is 0 Å². The molecule has 3 heterocycles. The van der Waals surface area contributed by atoms with E-state index in [1.54, 1.807) is 12.4 Å². The fraction of sp³-hybridized carbons (Fsp3) is 0.529. The van der Waals surface area contributed by atoms with E-state index in [1.165, 1.54) is 30.6 Å². The van der Waals surface area contributed by atoms with Crippen LogP contribution in [0.5, 0.6) is 5.75 Å². The Morgan fingerprint density at radius 2 is 2.23 bits per heavy atom. The van der Waals surface area contributed by atoms with Crippen molar-refractivity contribution in [3.05, 3.63) is 42.0 Å². The molecular formula is C17H22N4O. The first-order valence-corrected chi connectivity index (χ1v) is 8.05. The van der Waals surface area contributed by atoms with Crippen molar-refractivity contribution in [2.24, 2.45) is 13.0 Å². The van der Waals surface area contributed by atoms with Gasteiger partial charge >= 0.3 is 0 Å². The van der Waals surface area contributed by atoms with Crippen LogP contribution in [0.1, 0.15) is 30.0 Å². The summed E-state index contributed by atoms with van der Waals surface area (Å²) in [6.45, 7) is 3.99. The highest BCUT2D eigenvalue weighted by atomic mass is 16.5. The summed E-state index contributed by atoms with van der Waals surface area (Å²) in [5.74, 6) is 2.14. The van der Waals surface area contributed by atoms with Gasteiger partial charge in [-0.3, -0.25) is 14.6 Å². The minimum absolute atomic E-state index is 0.386. The third-order valence-electron chi connectivity index (χ3n) is 4.68. The highest BCUT2D eigenvalue weighted by molar-refractivity contribution is 5.26. The molecule has 5 nitrogen and oxygen atoms in total. The Morgan fingerprint density at radius 3 is 3.00 bits per heavy atom. The summed E-state index contributed by atoms with van der Waals surface area (Å²) in [5.41, 5.74) is 2.69. The molecule has 1 fully saturated rings. The fourth-order valence-corrected chi connectivity index (χ4v) is 3.28. The molecule has 4 rings (SSSR count). The maximum Gasteiger partial charge on any atom is 0.137 e. The maximum absolute atomic E-state index is 5.95. The van der Waals surface area contributed by atoms with Crippen LogP contribution in [0.3, 0.4) is 0 Å². The lowest BCUT2D eigenvalue weighted by molar-refractivity contribution is 0.179. The average Bonchev–Trinajstić information content (AvgIpc) is 3.28. The maximum atomic E-state index is 5.95. The van der Waals surface area contributed by atoms with E-state index in [0.717, 1.165) is 24.8 Å². The van der Waals surface area contributed by atoms with Crippen molar-refractivity contribution < 1.29 is 4.74 Å². The molecule has 1 saturated carbocycles. The second-order valence-corrected chi connectivity index (χ2v) is 6.50. The number of nitrogens with zero attached hydrogens (tertiary/aromatic N) is 4. The molecule has 22 heavy (non-hydrogen) atoms. The number of hydrogen-bond donors (Lipinski definition) is 0. The van der Waals surface area contributed by atoms with E-state index in [0.29, 0.717) is 12.5 Å². The molecule has 0 amide bonds. The monoisotopic (exact) mass is 298 g/mol. The van der Waals surface area contributed by atoms with Crippen LogP contribution < -0.4 is 4.74 Å². The van der Waals surface area contributed by atoms with Gasteiger partial charge in [-0.05, 0) is 30.9 Å².